The normalized spacial score (nSPS) is 10.8. The number of carbonyl (C=O) groups excluding carboxylic acids is 1. The summed E-state index contributed by atoms with van der Waals surface area (Å²) in [6, 6.07) is 8.89. The lowest BCUT2D eigenvalue weighted by molar-refractivity contribution is -0.111. The van der Waals surface area contributed by atoms with Crippen LogP contribution in [0.15, 0.2) is 47.1 Å². The molecule has 0 aliphatic rings. The highest BCUT2D eigenvalue weighted by Gasteiger charge is 2.02. The molecule has 0 aliphatic heterocycles. The lowest BCUT2D eigenvalue weighted by atomic mass is 10.2. The molecule has 1 N–H and O–H groups in total. The number of nitrogens with one attached hydrogen (secondary N) is 1. The minimum absolute atomic E-state index is 0.225. The van der Waals surface area contributed by atoms with Gasteiger partial charge in [0.15, 0.2) is 0 Å². The molecule has 18 heavy (non-hydrogen) atoms. The van der Waals surface area contributed by atoms with Crippen LogP contribution in [0, 0.1) is 6.92 Å². The Morgan fingerprint density at radius 3 is 2.94 bits per heavy atom. The molecule has 0 saturated heterocycles. The minimum Gasteiger partial charge on any atom is -0.465 e. The summed E-state index contributed by atoms with van der Waals surface area (Å²) in [5.74, 6) is 0.407. The molecule has 0 spiro atoms. The van der Waals surface area contributed by atoms with Gasteiger partial charge in [-0.05, 0) is 42.8 Å². The van der Waals surface area contributed by atoms with Gasteiger partial charge < -0.3 is 9.73 Å². The van der Waals surface area contributed by atoms with Crippen molar-refractivity contribution in [3.05, 3.63) is 59.0 Å². The van der Waals surface area contributed by atoms with Gasteiger partial charge in [-0.25, -0.2) is 0 Å². The number of anilines is 1. The Bertz CT molecular complexity index is 573. The van der Waals surface area contributed by atoms with Gasteiger partial charge in [0.25, 0.3) is 0 Å². The van der Waals surface area contributed by atoms with Crippen LogP contribution >= 0.6 is 11.6 Å². The molecule has 0 radical (unpaired) electrons. The summed E-state index contributed by atoms with van der Waals surface area (Å²) in [7, 11) is 0. The number of benzene rings is 1. The molecule has 3 nitrogen and oxygen atoms in total. The standard InChI is InChI=1S/C14H12ClNO2/c1-10-4-5-11(15)9-13(10)16-14(17)7-6-12-3-2-8-18-12/h2-9H,1H3,(H,16,17)/b7-6-. The molecule has 0 atom stereocenters. The molecule has 0 bridgehead atoms. The SMILES string of the molecule is Cc1ccc(Cl)cc1NC(=O)/C=C\c1ccco1. The Morgan fingerprint density at radius 1 is 1.39 bits per heavy atom. The van der Waals surface area contributed by atoms with Crippen molar-refractivity contribution in [2.75, 3.05) is 5.32 Å². The van der Waals surface area contributed by atoms with E-state index in [2.05, 4.69) is 5.32 Å². The van der Waals surface area contributed by atoms with Gasteiger partial charge in [-0.15, -0.1) is 0 Å². The summed E-state index contributed by atoms with van der Waals surface area (Å²) in [5, 5.41) is 3.35. The Hall–Kier alpha value is -2.00. The van der Waals surface area contributed by atoms with Crippen LogP contribution in [0.4, 0.5) is 5.69 Å². The largest absolute Gasteiger partial charge is 0.465 e. The number of hydrogen-bond donors (Lipinski definition) is 1. The third-order valence-corrected chi connectivity index (χ3v) is 2.63. The van der Waals surface area contributed by atoms with Gasteiger partial charge in [-0.1, -0.05) is 17.7 Å². The Labute approximate surface area is 110 Å². The monoisotopic (exact) mass is 261 g/mol. The number of halogens is 1. The summed E-state index contributed by atoms with van der Waals surface area (Å²) < 4.78 is 5.09. The average molecular weight is 262 g/mol. The summed E-state index contributed by atoms with van der Waals surface area (Å²) in [6.07, 6.45) is 4.58. The molecule has 0 fully saturated rings. The first-order valence-corrected chi connectivity index (χ1v) is 5.81. The van der Waals surface area contributed by atoms with E-state index in [1.165, 1.54) is 6.08 Å². The molecular formula is C14H12ClNO2. The molecular weight excluding hydrogens is 250 g/mol. The lowest BCUT2D eigenvalue weighted by Crippen LogP contribution is -2.08. The molecule has 2 rings (SSSR count). The van der Waals surface area contributed by atoms with Crippen molar-refractivity contribution in [3.8, 4) is 0 Å². The first-order valence-electron chi connectivity index (χ1n) is 5.44. The van der Waals surface area contributed by atoms with Crippen LogP contribution in [0.25, 0.3) is 6.08 Å². The number of furan rings is 1. The number of amides is 1. The maximum atomic E-state index is 11.7. The van der Waals surface area contributed by atoms with Crippen molar-refractivity contribution in [3.63, 3.8) is 0 Å². The van der Waals surface area contributed by atoms with E-state index in [1.807, 2.05) is 13.0 Å². The fourth-order valence-corrected chi connectivity index (χ4v) is 1.62. The predicted octanol–water partition coefficient (Wildman–Crippen LogP) is 3.89. The zero-order valence-electron chi connectivity index (χ0n) is 9.81. The van der Waals surface area contributed by atoms with Crippen molar-refractivity contribution < 1.29 is 9.21 Å². The zero-order chi connectivity index (χ0) is 13.0. The molecule has 1 heterocycles. The molecule has 4 heteroatoms. The molecule has 2 aromatic rings. The molecule has 1 amide bonds. The van der Waals surface area contributed by atoms with Gasteiger partial charge in [0, 0.05) is 16.8 Å². The van der Waals surface area contributed by atoms with E-state index >= 15 is 0 Å². The van der Waals surface area contributed by atoms with Crippen LogP contribution in [0.3, 0.4) is 0 Å². The highest BCUT2D eigenvalue weighted by Crippen LogP contribution is 2.20. The van der Waals surface area contributed by atoms with Crippen LogP contribution in [0.2, 0.25) is 5.02 Å². The lowest BCUT2D eigenvalue weighted by Gasteiger charge is -2.06. The molecule has 1 aromatic heterocycles. The maximum Gasteiger partial charge on any atom is 0.248 e. The van der Waals surface area contributed by atoms with Crippen molar-refractivity contribution in [1.29, 1.82) is 0 Å². The summed E-state index contributed by atoms with van der Waals surface area (Å²) in [5.41, 5.74) is 1.66. The van der Waals surface area contributed by atoms with Gasteiger partial charge in [0.2, 0.25) is 5.91 Å². The van der Waals surface area contributed by atoms with Crippen LogP contribution in [-0.4, -0.2) is 5.91 Å². The van der Waals surface area contributed by atoms with Crippen LogP contribution in [0.5, 0.6) is 0 Å². The second-order valence-electron chi connectivity index (χ2n) is 3.80. The van der Waals surface area contributed by atoms with E-state index in [1.54, 1.807) is 36.6 Å². The van der Waals surface area contributed by atoms with Gasteiger partial charge in [0.05, 0.1) is 6.26 Å². The highest BCUT2D eigenvalue weighted by molar-refractivity contribution is 6.31. The third kappa shape index (κ3) is 3.25. The summed E-state index contributed by atoms with van der Waals surface area (Å²) in [4.78, 5) is 11.7. The van der Waals surface area contributed by atoms with Crippen molar-refractivity contribution in [1.82, 2.24) is 0 Å². The third-order valence-electron chi connectivity index (χ3n) is 2.40. The van der Waals surface area contributed by atoms with Gasteiger partial charge >= 0.3 is 0 Å². The van der Waals surface area contributed by atoms with E-state index in [0.717, 1.165) is 5.56 Å². The van der Waals surface area contributed by atoms with Crippen LogP contribution < -0.4 is 5.32 Å². The molecule has 0 aliphatic carbocycles. The van der Waals surface area contributed by atoms with E-state index in [-0.39, 0.29) is 5.91 Å². The fraction of sp³-hybridized carbons (Fsp3) is 0.0714. The number of rotatable bonds is 3. The van der Waals surface area contributed by atoms with E-state index in [9.17, 15) is 4.79 Å². The summed E-state index contributed by atoms with van der Waals surface area (Å²) >= 11 is 5.87. The Kier molecular flexibility index (Phi) is 3.85. The van der Waals surface area contributed by atoms with Crippen LogP contribution in [-0.2, 0) is 4.79 Å². The van der Waals surface area contributed by atoms with Crippen LogP contribution in [0.1, 0.15) is 11.3 Å². The minimum atomic E-state index is -0.225. The zero-order valence-corrected chi connectivity index (χ0v) is 10.6. The second kappa shape index (κ2) is 5.56. The van der Waals surface area contributed by atoms with Gasteiger partial charge in [-0.2, -0.15) is 0 Å². The van der Waals surface area contributed by atoms with Crippen molar-refractivity contribution in [2.24, 2.45) is 0 Å². The fourth-order valence-electron chi connectivity index (χ4n) is 1.45. The Morgan fingerprint density at radius 2 is 2.22 bits per heavy atom. The topological polar surface area (TPSA) is 42.2 Å². The summed E-state index contributed by atoms with van der Waals surface area (Å²) in [6.45, 7) is 1.90. The van der Waals surface area contributed by atoms with Gasteiger partial charge in [-0.3, -0.25) is 4.79 Å². The predicted molar refractivity (Wildman–Crippen MR) is 72.6 cm³/mol. The molecule has 92 valence electrons. The maximum absolute atomic E-state index is 11.7. The van der Waals surface area contributed by atoms with E-state index in [4.69, 9.17) is 16.0 Å². The first-order chi connectivity index (χ1) is 8.65. The van der Waals surface area contributed by atoms with Crippen molar-refractivity contribution in [2.45, 2.75) is 6.92 Å². The number of aryl methyl sites for hydroxylation is 1. The van der Waals surface area contributed by atoms with Gasteiger partial charge in [0.1, 0.15) is 5.76 Å². The van der Waals surface area contributed by atoms with E-state index in [0.29, 0.717) is 16.5 Å². The number of hydrogen-bond acceptors (Lipinski definition) is 2. The molecule has 0 unspecified atom stereocenters. The van der Waals surface area contributed by atoms with Crippen molar-refractivity contribution >= 4 is 29.3 Å². The first kappa shape index (κ1) is 12.5. The molecule has 1 aromatic carbocycles. The smallest absolute Gasteiger partial charge is 0.248 e. The van der Waals surface area contributed by atoms with E-state index < -0.39 is 0 Å². The second-order valence-corrected chi connectivity index (χ2v) is 4.23. The quantitative estimate of drug-likeness (QED) is 0.852. The molecule has 0 saturated carbocycles. The number of carbonyl (C=O) groups is 1. The highest BCUT2D eigenvalue weighted by atomic mass is 35.5. The average Bonchev–Trinajstić information content (AvgIpc) is 2.84. The Balaban J connectivity index is 2.05.